The number of aryl methyl sites for hydroxylation is 2. The van der Waals surface area contributed by atoms with Crippen LogP contribution < -0.4 is 45.5 Å². The normalized spacial score (nSPS) is 16.1. The van der Waals surface area contributed by atoms with Gasteiger partial charge in [-0.15, -0.1) is 12.4 Å². The minimum Gasteiger partial charge on any atom is -1.00 e. The SMILES string of the molecule is CCCc1nccn1-c1ccc(C2=NC3(CCCCC3)N(CC(=O)Nc3cccc(C(F)(F)F)c3)C2=O)cc1.CCCc1nccn1-c1ccc(C2=NC3(CCCCC3)NC2=O)cc1.Cl.O=C(CBr)Nc1cccc(C(F)(F)F)c1.[H-].[Na+]. The summed E-state index contributed by atoms with van der Waals surface area (Å²) >= 11 is 2.90. The number of aliphatic imine (C=N–C) groups is 2. The van der Waals surface area contributed by atoms with Crippen molar-refractivity contribution in [3.05, 3.63) is 156 Å². The number of hydrogen-bond donors (Lipinski definition) is 3. The molecule has 2 spiro atoms. The van der Waals surface area contributed by atoms with Gasteiger partial charge < -0.3 is 31.4 Å². The van der Waals surface area contributed by atoms with Gasteiger partial charge in [-0.25, -0.2) is 9.97 Å². The molecule has 2 aromatic heterocycles. The maximum atomic E-state index is 13.7. The topological polar surface area (TPSA) is 168 Å². The Hall–Kier alpha value is -6.13. The number of hydrogen-bond acceptors (Lipinski definition) is 8. The van der Waals surface area contributed by atoms with E-state index < -0.39 is 41.0 Å². The second-order valence-electron chi connectivity index (χ2n) is 19.8. The molecule has 6 aromatic rings. The quantitative estimate of drug-likeness (QED) is 0.0591. The van der Waals surface area contributed by atoms with Crippen molar-refractivity contribution in [3.8, 4) is 11.4 Å². The molecule has 14 nitrogen and oxygen atoms in total. The number of amides is 4. The van der Waals surface area contributed by atoms with Crippen LogP contribution in [0.1, 0.15) is 126 Å². The summed E-state index contributed by atoms with van der Waals surface area (Å²) < 4.78 is 80.2. The number of anilines is 2. The molecule has 2 fully saturated rings. The Morgan fingerprint density at radius 3 is 1.56 bits per heavy atom. The number of halogens is 8. The van der Waals surface area contributed by atoms with Gasteiger partial charge in [0.05, 0.1) is 16.5 Å². The molecule has 2 aliphatic carbocycles. The van der Waals surface area contributed by atoms with Gasteiger partial charge >= 0.3 is 41.9 Å². The van der Waals surface area contributed by atoms with Crippen molar-refractivity contribution in [2.45, 2.75) is 127 Å². The van der Waals surface area contributed by atoms with E-state index in [4.69, 9.17) is 9.98 Å². The van der Waals surface area contributed by atoms with Crippen molar-refractivity contribution < 1.29 is 76.5 Å². The summed E-state index contributed by atoms with van der Waals surface area (Å²) in [6.07, 6.45) is 11.8. The molecule has 4 aliphatic rings. The molecule has 10 rings (SSSR count). The van der Waals surface area contributed by atoms with E-state index in [0.29, 0.717) is 29.8 Å². The summed E-state index contributed by atoms with van der Waals surface area (Å²) in [5.41, 5.74) is 1.77. The number of rotatable bonds is 13. The summed E-state index contributed by atoms with van der Waals surface area (Å²) in [4.78, 5) is 70.0. The fourth-order valence-corrected chi connectivity index (χ4v) is 10.4. The van der Waals surface area contributed by atoms with Gasteiger partial charge in [0.2, 0.25) is 11.8 Å². The molecule has 0 atom stereocenters. The molecular formula is C58H63BrClF6N10NaO4. The standard InChI is InChI=1S/C29H30F3N5O2.C20H24N4O.C9H7BrF3NO.ClH.Na.H/c1-2-7-24-33-16-17-36(24)23-12-10-20(11-13-23)26-27(39)37(28(35-26)14-4-3-5-15-28)19-25(38)34-22-9-6-8-21(18-22)29(30,31)32;1-2-6-17-21-13-14-24(17)16-9-7-15(8-10-16)18-19(25)23-20(22-18)11-4-3-5-12-20;10-5-8(15)14-7-3-1-2-6(4-7)9(11,12)13;;;/h6,8-13,16-18H,2-5,7,14-15,19H2,1H3,(H,34,38);7-10,13-14H,2-6,11-12H2,1H3,(H,23,25);1-4H,5H2,(H,14,15);1H;;/q;;;;+1;-1. The van der Waals surface area contributed by atoms with Gasteiger partial charge in [0.1, 0.15) is 40.9 Å². The monoisotopic (exact) mass is 1210 g/mol. The third kappa shape index (κ3) is 15.9. The average Bonchev–Trinajstić information content (AvgIpc) is 4.31. The van der Waals surface area contributed by atoms with Crippen LogP contribution in [0.5, 0.6) is 0 Å². The van der Waals surface area contributed by atoms with Crippen LogP contribution in [0, 0.1) is 0 Å². The Kier molecular flexibility index (Phi) is 22.3. The average molecular weight is 1220 g/mol. The zero-order valence-corrected chi connectivity index (χ0v) is 49.6. The first-order valence-electron chi connectivity index (χ1n) is 26.4. The van der Waals surface area contributed by atoms with Crippen molar-refractivity contribution >= 4 is 74.8 Å². The van der Waals surface area contributed by atoms with Crippen LogP contribution in [-0.2, 0) is 44.4 Å². The van der Waals surface area contributed by atoms with E-state index in [-0.39, 0.29) is 84.1 Å². The second kappa shape index (κ2) is 28.2. The van der Waals surface area contributed by atoms with E-state index in [2.05, 4.69) is 60.3 Å². The number of nitrogens with one attached hydrogen (secondary N) is 3. The van der Waals surface area contributed by atoms with Crippen LogP contribution in [0.25, 0.3) is 11.4 Å². The van der Waals surface area contributed by atoms with Crippen LogP contribution in [0.2, 0.25) is 0 Å². The van der Waals surface area contributed by atoms with Gasteiger partial charge in [-0.2, -0.15) is 26.3 Å². The summed E-state index contributed by atoms with van der Waals surface area (Å²) in [6, 6.07) is 24.5. The number of alkyl halides is 7. The number of benzene rings is 4. The van der Waals surface area contributed by atoms with Gasteiger partial charge in [0.25, 0.3) is 11.8 Å². The van der Waals surface area contributed by atoms with Gasteiger partial charge in [0.15, 0.2) is 0 Å². The first-order chi connectivity index (χ1) is 37.8. The summed E-state index contributed by atoms with van der Waals surface area (Å²) in [7, 11) is 0. The molecule has 81 heavy (non-hydrogen) atoms. The Morgan fingerprint density at radius 2 is 1.10 bits per heavy atom. The molecule has 0 bridgehead atoms. The molecule has 2 aliphatic heterocycles. The number of carbonyl (C=O) groups is 4. The first kappa shape index (κ1) is 64.0. The molecule has 4 aromatic carbocycles. The van der Waals surface area contributed by atoms with Gasteiger partial charge in [-0.1, -0.05) is 79.0 Å². The van der Waals surface area contributed by atoms with E-state index in [1.54, 1.807) is 6.20 Å². The minimum absolute atomic E-state index is 0. The molecular weight excluding hydrogens is 1150 g/mol. The molecule has 2 saturated carbocycles. The number of nitrogens with zero attached hydrogens (tertiary/aromatic N) is 7. The predicted molar refractivity (Wildman–Crippen MR) is 302 cm³/mol. The third-order valence-electron chi connectivity index (χ3n) is 14.1. The molecule has 4 amide bonds. The molecule has 0 unspecified atom stereocenters. The first-order valence-corrected chi connectivity index (χ1v) is 27.6. The summed E-state index contributed by atoms with van der Waals surface area (Å²) in [5, 5.41) is 8.02. The van der Waals surface area contributed by atoms with E-state index in [9.17, 15) is 45.5 Å². The van der Waals surface area contributed by atoms with Crippen molar-refractivity contribution in [1.29, 1.82) is 0 Å². The van der Waals surface area contributed by atoms with Crippen molar-refractivity contribution in [2.75, 3.05) is 22.5 Å². The van der Waals surface area contributed by atoms with E-state index in [1.165, 1.54) is 35.6 Å². The largest absolute Gasteiger partial charge is 1.00 e. The van der Waals surface area contributed by atoms with Gasteiger partial charge in [-0.05, 0) is 125 Å². The van der Waals surface area contributed by atoms with E-state index in [1.807, 2.05) is 71.7 Å². The maximum absolute atomic E-state index is 13.7. The Bertz CT molecular complexity index is 3200. The molecule has 426 valence electrons. The number of aromatic nitrogens is 4. The Labute approximate surface area is 504 Å². The predicted octanol–water partition coefficient (Wildman–Crippen LogP) is 9.76. The Balaban J connectivity index is 0.000000246. The van der Waals surface area contributed by atoms with E-state index in [0.717, 1.165) is 123 Å². The molecule has 0 saturated heterocycles. The molecule has 4 heterocycles. The number of carbonyl (C=O) groups excluding carboxylic acids is 4. The second-order valence-corrected chi connectivity index (χ2v) is 20.4. The van der Waals surface area contributed by atoms with Gasteiger partial charge in [0, 0.05) is 71.5 Å². The van der Waals surface area contributed by atoms with Crippen molar-refractivity contribution in [3.63, 3.8) is 0 Å². The van der Waals surface area contributed by atoms with Gasteiger partial charge in [-0.3, -0.25) is 29.2 Å². The molecule has 0 radical (unpaired) electrons. The van der Waals surface area contributed by atoms with Crippen LogP contribution in [0.4, 0.5) is 37.7 Å². The number of imidazole rings is 2. The van der Waals surface area contributed by atoms with Crippen LogP contribution in [0.15, 0.2) is 132 Å². The summed E-state index contributed by atoms with van der Waals surface area (Å²) in [5.74, 6) is 0.672. The summed E-state index contributed by atoms with van der Waals surface area (Å²) in [6.45, 7) is 3.95. The molecule has 23 heteroatoms. The van der Waals surface area contributed by atoms with Crippen LogP contribution >= 0.6 is 28.3 Å². The zero-order valence-electron chi connectivity index (χ0n) is 46.2. The molecule has 3 N–H and O–H groups in total. The van der Waals surface area contributed by atoms with Crippen LogP contribution in [0.3, 0.4) is 0 Å². The minimum atomic E-state index is -4.52. The fraction of sp³-hybridized carbons (Fsp3) is 0.379. The van der Waals surface area contributed by atoms with Crippen LogP contribution in [-0.4, -0.2) is 82.3 Å². The van der Waals surface area contributed by atoms with E-state index >= 15 is 0 Å². The fourth-order valence-electron chi connectivity index (χ4n) is 10.3. The van der Waals surface area contributed by atoms with Crippen molar-refractivity contribution in [2.24, 2.45) is 9.98 Å². The zero-order chi connectivity index (χ0) is 56.4. The maximum Gasteiger partial charge on any atom is 1.00 e. The third-order valence-corrected chi connectivity index (χ3v) is 14.6. The van der Waals surface area contributed by atoms with Crippen molar-refractivity contribution in [1.82, 2.24) is 29.3 Å². The Morgan fingerprint density at radius 1 is 0.642 bits per heavy atom. The smallest absolute Gasteiger partial charge is 1.00 e.